The molecule has 5 nitrogen and oxygen atoms in total. The van der Waals surface area contributed by atoms with Gasteiger partial charge in [0.05, 0.1) is 12.3 Å². The summed E-state index contributed by atoms with van der Waals surface area (Å²) in [6.45, 7) is 1.91. The van der Waals surface area contributed by atoms with E-state index >= 15 is 0 Å². The predicted molar refractivity (Wildman–Crippen MR) is 65.8 cm³/mol. The maximum atomic E-state index is 11.4. The van der Waals surface area contributed by atoms with Gasteiger partial charge in [0, 0.05) is 18.3 Å². The van der Waals surface area contributed by atoms with Gasteiger partial charge in [-0.1, -0.05) is 19.8 Å². The Balaban J connectivity index is 2.54. The molecule has 0 aliphatic heterocycles. The zero-order valence-electron chi connectivity index (χ0n) is 10.3. The molecule has 0 aromatic rings. The Kier molecular flexibility index (Phi) is 5.39. The lowest BCUT2D eigenvalue weighted by Gasteiger charge is -2.26. The van der Waals surface area contributed by atoms with Gasteiger partial charge in [-0.3, -0.25) is 9.69 Å². The third-order valence-electron chi connectivity index (χ3n) is 3.31. The number of nitrogens with zero attached hydrogens (tertiary/aromatic N) is 1. The maximum absolute atomic E-state index is 11.4. The van der Waals surface area contributed by atoms with Gasteiger partial charge >= 0.3 is 5.97 Å². The highest BCUT2D eigenvalue weighted by atomic mass is 32.2. The summed E-state index contributed by atoms with van der Waals surface area (Å²) >= 11 is 0. The number of sulfone groups is 1. The van der Waals surface area contributed by atoms with Gasteiger partial charge in [-0.2, -0.15) is 0 Å². The lowest BCUT2D eigenvalue weighted by molar-refractivity contribution is -0.138. The molecule has 1 saturated carbocycles. The Morgan fingerprint density at radius 3 is 2.41 bits per heavy atom. The van der Waals surface area contributed by atoms with E-state index in [0.717, 1.165) is 25.7 Å². The van der Waals surface area contributed by atoms with Gasteiger partial charge in [0.2, 0.25) is 0 Å². The molecule has 0 radical (unpaired) electrons. The van der Waals surface area contributed by atoms with Crippen molar-refractivity contribution in [3.63, 3.8) is 0 Å². The first kappa shape index (κ1) is 14.4. The van der Waals surface area contributed by atoms with Crippen LogP contribution < -0.4 is 0 Å². The average molecular weight is 263 g/mol. The lowest BCUT2D eigenvalue weighted by Crippen LogP contribution is -2.40. The Morgan fingerprint density at radius 2 is 1.94 bits per heavy atom. The molecule has 0 bridgehead atoms. The highest BCUT2D eigenvalue weighted by Crippen LogP contribution is 2.23. The van der Waals surface area contributed by atoms with E-state index in [1.54, 1.807) is 6.92 Å². The third kappa shape index (κ3) is 5.04. The topological polar surface area (TPSA) is 74.7 Å². The second-order valence-electron chi connectivity index (χ2n) is 4.54. The molecule has 1 aliphatic rings. The molecule has 100 valence electrons. The molecule has 0 spiro atoms. The van der Waals surface area contributed by atoms with E-state index in [2.05, 4.69) is 0 Å². The standard InChI is InChI=1S/C11H21NO4S/c1-2-17(15,16)8-7-12(9-11(13)14)10-5-3-4-6-10/h10H,2-9H2,1H3,(H,13,14). The second-order valence-corrected chi connectivity index (χ2v) is 7.01. The fraction of sp³-hybridized carbons (Fsp3) is 0.909. The van der Waals surface area contributed by atoms with Crippen LogP contribution in [0.1, 0.15) is 32.6 Å². The van der Waals surface area contributed by atoms with Crippen LogP contribution in [0, 0.1) is 0 Å². The van der Waals surface area contributed by atoms with Crippen LogP contribution in [0.15, 0.2) is 0 Å². The summed E-state index contributed by atoms with van der Waals surface area (Å²) in [5, 5.41) is 8.84. The molecule has 0 heterocycles. The molecule has 1 fully saturated rings. The molecule has 0 aromatic heterocycles. The van der Waals surface area contributed by atoms with Gasteiger partial charge in [0.1, 0.15) is 0 Å². The van der Waals surface area contributed by atoms with E-state index in [1.807, 2.05) is 4.90 Å². The molecule has 1 rings (SSSR count). The largest absolute Gasteiger partial charge is 0.480 e. The van der Waals surface area contributed by atoms with E-state index < -0.39 is 15.8 Å². The zero-order valence-corrected chi connectivity index (χ0v) is 11.1. The highest BCUT2D eigenvalue weighted by molar-refractivity contribution is 7.91. The van der Waals surface area contributed by atoms with Gasteiger partial charge in [0.25, 0.3) is 0 Å². The van der Waals surface area contributed by atoms with Crippen molar-refractivity contribution in [2.75, 3.05) is 24.6 Å². The minimum atomic E-state index is -3.01. The fourth-order valence-corrected chi connectivity index (χ4v) is 3.04. The minimum absolute atomic E-state index is 0.0517. The van der Waals surface area contributed by atoms with Gasteiger partial charge < -0.3 is 5.11 Å². The van der Waals surface area contributed by atoms with Crippen LogP contribution in [0.2, 0.25) is 0 Å². The van der Waals surface area contributed by atoms with Gasteiger partial charge in [0.15, 0.2) is 9.84 Å². The summed E-state index contributed by atoms with van der Waals surface area (Å²) in [6.07, 6.45) is 4.20. The van der Waals surface area contributed by atoms with E-state index in [9.17, 15) is 13.2 Å². The van der Waals surface area contributed by atoms with Crippen molar-refractivity contribution in [3.8, 4) is 0 Å². The van der Waals surface area contributed by atoms with Crippen LogP contribution in [-0.2, 0) is 14.6 Å². The van der Waals surface area contributed by atoms with Crippen molar-refractivity contribution in [2.24, 2.45) is 0 Å². The Morgan fingerprint density at radius 1 is 1.35 bits per heavy atom. The summed E-state index contributed by atoms with van der Waals surface area (Å²) in [5.41, 5.74) is 0. The van der Waals surface area contributed by atoms with Crippen molar-refractivity contribution >= 4 is 15.8 Å². The summed E-state index contributed by atoms with van der Waals surface area (Å²) in [7, 11) is -3.01. The number of carboxylic acid groups (broad SMARTS) is 1. The number of carboxylic acids is 1. The lowest BCUT2D eigenvalue weighted by atomic mass is 10.2. The number of hydrogen-bond acceptors (Lipinski definition) is 4. The van der Waals surface area contributed by atoms with Crippen molar-refractivity contribution in [1.29, 1.82) is 0 Å². The SMILES string of the molecule is CCS(=O)(=O)CCN(CC(=O)O)C1CCCC1. The molecule has 0 aromatic carbocycles. The average Bonchev–Trinajstić information content (AvgIpc) is 2.77. The maximum Gasteiger partial charge on any atom is 0.317 e. The van der Waals surface area contributed by atoms with E-state index in [4.69, 9.17) is 5.11 Å². The van der Waals surface area contributed by atoms with Gasteiger partial charge in [-0.25, -0.2) is 8.42 Å². The minimum Gasteiger partial charge on any atom is -0.480 e. The first-order valence-electron chi connectivity index (χ1n) is 6.11. The van der Waals surface area contributed by atoms with Crippen LogP contribution in [0.5, 0.6) is 0 Å². The summed E-state index contributed by atoms with van der Waals surface area (Å²) in [5.74, 6) is -0.697. The first-order chi connectivity index (χ1) is 7.94. The smallest absolute Gasteiger partial charge is 0.317 e. The molecule has 17 heavy (non-hydrogen) atoms. The molecule has 0 saturated heterocycles. The Bertz CT molecular complexity index is 346. The van der Waals surface area contributed by atoms with Crippen molar-refractivity contribution in [1.82, 2.24) is 4.90 Å². The van der Waals surface area contributed by atoms with Gasteiger partial charge in [-0.15, -0.1) is 0 Å². The quantitative estimate of drug-likeness (QED) is 0.733. The number of rotatable bonds is 7. The van der Waals surface area contributed by atoms with E-state index in [-0.39, 0.29) is 24.1 Å². The number of hydrogen-bond donors (Lipinski definition) is 1. The van der Waals surface area contributed by atoms with Crippen LogP contribution in [-0.4, -0.2) is 55.0 Å². The molecule has 0 amide bonds. The Labute approximate surface area is 103 Å². The zero-order chi connectivity index (χ0) is 12.9. The summed E-state index contributed by atoms with van der Waals surface area (Å²) in [4.78, 5) is 12.6. The van der Waals surface area contributed by atoms with Crippen LogP contribution in [0.4, 0.5) is 0 Å². The molecule has 1 aliphatic carbocycles. The fourth-order valence-electron chi connectivity index (χ4n) is 2.23. The monoisotopic (exact) mass is 263 g/mol. The molecular weight excluding hydrogens is 242 g/mol. The number of carbonyl (C=O) groups is 1. The summed E-state index contributed by atoms with van der Waals surface area (Å²) in [6, 6.07) is 0.248. The highest BCUT2D eigenvalue weighted by Gasteiger charge is 2.25. The third-order valence-corrected chi connectivity index (χ3v) is 4.99. The Hall–Kier alpha value is -0.620. The normalized spacial score (nSPS) is 17.8. The number of aliphatic carboxylic acids is 1. The molecule has 1 N–H and O–H groups in total. The predicted octanol–water partition coefficient (Wildman–Crippen LogP) is 0.750. The first-order valence-corrected chi connectivity index (χ1v) is 7.93. The van der Waals surface area contributed by atoms with Gasteiger partial charge in [-0.05, 0) is 12.8 Å². The molecule has 0 unspecified atom stereocenters. The van der Waals surface area contributed by atoms with E-state index in [1.165, 1.54) is 0 Å². The molecular formula is C11H21NO4S. The van der Waals surface area contributed by atoms with Crippen LogP contribution >= 0.6 is 0 Å². The summed E-state index contributed by atoms with van der Waals surface area (Å²) < 4.78 is 22.9. The van der Waals surface area contributed by atoms with Crippen molar-refractivity contribution in [2.45, 2.75) is 38.6 Å². The molecule has 0 atom stereocenters. The van der Waals surface area contributed by atoms with Crippen LogP contribution in [0.25, 0.3) is 0 Å². The van der Waals surface area contributed by atoms with E-state index in [0.29, 0.717) is 6.54 Å². The second kappa shape index (κ2) is 6.35. The molecule has 6 heteroatoms. The van der Waals surface area contributed by atoms with Crippen LogP contribution in [0.3, 0.4) is 0 Å². The van der Waals surface area contributed by atoms with Crippen molar-refractivity contribution < 1.29 is 18.3 Å². The van der Waals surface area contributed by atoms with Crippen molar-refractivity contribution in [3.05, 3.63) is 0 Å².